The third-order valence-corrected chi connectivity index (χ3v) is 6.37. The van der Waals surface area contributed by atoms with E-state index in [0.29, 0.717) is 5.78 Å². The van der Waals surface area contributed by atoms with Crippen molar-refractivity contribution in [2.75, 3.05) is 24.4 Å². The van der Waals surface area contributed by atoms with Gasteiger partial charge in [-0.15, -0.1) is 11.8 Å². The van der Waals surface area contributed by atoms with Gasteiger partial charge in [0.25, 0.3) is 0 Å². The number of carbonyl (C=O) groups is 1. The number of carbonyl (C=O) groups excluding carboxylic acids is 1. The lowest BCUT2D eigenvalue weighted by molar-refractivity contribution is -0.0959. The second kappa shape index (κ2) is 6.76. The van der Waals surface area contributed by atoms with E-state index in [9.17, 15) is 4.79 Å². The lowest BCUT2D eigenvalue weighted by Crippen LogP contribution is -2.44. The molecule has 2 nitrogen and oxygen atoms in total. The first kappa shape index (κ1) is 15.4. The monoisotopic (exact) mass is 322 g/mol. The van der Waals surface area contributed by atoms with Crippen molar-refractivity contribution >= 4 is 29.3 Å². The van der Waals surface area contributed by atoms with E-state index >= 15 is 0 Å². The molecule has 3 rings (SSSR count). The van der Waals surface area contributed by atoms with Crippen molar-refractivity contribution in [1.82, 2.24) is 0 Å². The minimum absolute atomic E-state index is 0.0109. The first-order valence-corrected chi connectivity index (χ1v) is 10.0. The highest BCUT2D eigenvalue weighted by Gasteiger charge is 2.40. The number of ketones is 1. The molecule has 114 valence electrons. The van der Waals surface area contributed by atoms with E-state index in [4.69, 9.17) is 4.74 Å². The van der Waals surface area contributed by atoms with E-state index in [1.165, 1.54) is 16.4 Å². The predicted octanol–water partition coefficient (Wildman–Crippen LogP) is 4.28. The van der Waals surface area contributed by atoms with Crippen LogP contribution in [0, 0.1) is 5.92 Å². The van der Waals surface area contributed by atoms with Gasteiger partial charge in [-0.2, -0.15) is 11.8 Å². The lowest BCUT2D eigenvalue weighted by Gasteiger charge is -2.42. The predicted molar refractivity (Wildman–Crippen MR) is 90.5 cm³/mol. The molecule has 2 aliphatic rings. The highest BCUT2D eigenvalue weighted by atomic mass is 32.2. The molecule has 2 heterocycles. The number of Topliss-reactive ketones (excluding diaryl/α,β-unsaturated/α-hetero) is 1. The molecule has 0 aliphatic carbocycles. The maximum atomic E-state index is 12.8. The third-order valence-electron chi connectivity index (χ3n) is 4.64. The zero-order valence-electron chi connectivity index (χ0n) is 12.5. The second-order valence-electron chi connectivity index (χ2n) is 5.93. The summed E-state index contributed by atoms with van der Waals surface area (Å²) in [4.78, 5) is 14.0. The molecule has 1 spiro atoms. The minimum Gasteiger partial charge on any atom is -0.375 e. The summed E-state index contributed by atoms with van der Waals surface area (Å²) in [5, 5.41) is 0. The Balaban J connectivity index is 1.71. The Hall–Kier alpha value is -0.450. The molecule has 0 saturated carbocycles. The van der Waals surface area contributed by atoms with E-state index in [1.807, 2.05) is 36.0 Å². The summed E-state index contributed by atoms with van der Waals surface area (Å²) >= 11 is 3.71. The van der Waals surface area contributed by atoms with Crippen molar-refractivity contribution in [3.63, 3.8) is 0 Å². The van der Waals surface area contributed by atoms with E-state index < -0.39 is 0 Å². The summed E-state index contributed by atoms with van der Waals surface area (Å²) in [6.07, 6.45) is 6.05. The maximum Gasteiger partial charge on any atom is 0.166 e. The molecule has 1 aromatic rings. The van der Waals surface area contributed by atoms with Gasteiger partial charge in [0, 0.05) is 23.0 Å². The Morgan fingerprint density at radius 2 is 2.00 bits per heavy atom. The van der Waals surface area contributed by atoms with Crippen molar-refractivity contribution in [2.45, 2.75) is 36.2 Å². The van der Waals surface area contributed by atoms with Gasteiger partial charge in [-0.1, -0.05) is 12.1 Å². The fourth-order valence-electron chi connectivity index (χ4n) is 3.33. The van der Waals surface area contributed by atoms with E-state index in [-0.39, 0.29) is 11.5 Å². The molecule has 0 bridgehead atoms. The summed E-state index contributed by atoms with van der Waals surface area (Å²) < 4.78 is 6.09. The molecular weight excluding hydrogens is 300 g/mol. The fraction of sp³-hybridized carbons (Fsp3) is 0.588. The van der Waals surface area contributed by atoms with Crippen LogP contribution in [0.2, 0.25) is 0 Å². The number of hydrogen-bond acceptors (Lipinski definition) is 4. The number of benzene rings is 1. The molecule has 2 fully saturated rings. The third kappa shape index (κ3) is 3.49. The Bertz CT molecular complexity index is 487. The number of ether oxygens (including phenoxy) is 1. The number of rotatable bonds is 3. The van der Waals surface area contributed by atoms with Gasteiger partial charge >= 0.3 is 0 Å². The van der Waals surface area contributed by atoms with Crippen LogP contribution < -0.4 is 0 Å². The zero-order chi connectivity index (χ0) is 14.7. The normalized spacial score (nSPS) is 24.9. The first-order valence-electron chi connectivity index (χ1n) is 7.62. The first-order chi connectivity index (χ1) is 10.2. The zero-order valence-corrected chi connectivity index (χ0v) is 14.1. The van der Waals surface area contributed by atoms with Crippen LogP contribution >= 0.6 is 23.5 Å². The largest absolute Gasteiger partial charge is 0.375 e. The summed E-state index contributed by atoms with van der Waals surface area (Å²) in [6, 6.07) is 8.05. The van der Waals surface area contributed by atoms with Gasteiger partial charge < -0.3 is 4.74 Å². The fourth-order valence-corrected chi connectivity index (χ4v) is 4.98. The van der Waals surface area contributed by atoms with Crippen LogP contribution in [0.25, 0.3) is 0 Å². The van der Waals surface area contributed by atoms with Crippen LogP contribution in [0.1, 0.15) is 36.0 Å². The number of thioether (sulfide) groups is 2. The summed E-state index contributed by atoms with van der Waals surface area (Å²) in [6.45, 7) is 0.740. The van der Waals surface area contributed by atoms with Gasteiger partial charge in [0.1, 0.15) is 0 Å². The molecule has 0 amide bonds. The Morgan fingerprint density at radius 1 is 1.29 bits per heavy atom. The van der Waals surface area contributed by atoms with Crippen LogP contribution in [-0.2, 0) is 4.74 Å². The molecule has 1 unspecified atom stereocenters. The molecule has 1 atom stereocenters. The molecule has 4 heteroatoms. The molecule has 0 N–H and O–H groups in total. The van der Waals surface area contributed by atoms with E-state index in [2.05, 4.69) is 6.26 Å². The standard InChI is InChI=1S/C17H22O2S2/c1-20-15-4-2-13(3-5-15)16(18)14-6-9-19-17(12-14)7-10-21-11-8-17/h2-5,14H,6-12H2,1H3. The van der Waals surface area contributed by atoms with Crippen LogP contribution in [0.5, 0.6) is 0 Å². The van der Waals surface area contributed by atoms with Crippen molar-refractivity contribution in [2.24, 2.45) is 5.92 Å². The van der Waals surface area contributed by atoms with Crippen LogP contribution in [0.15, 0.2) is 29.2 Å². The summed E-state index contributed by atoms with van der Waals surface area (Å²) in [5.74, 6) is 2.79. The van der Waals surface area contributed by atoms with Crippen molar-refractivity contribution in [3.05, 3.63) is 29.8 Å². The summed E-state index contributed by atoms with van der Waals surface area (Å²) in [5.41, 5.74) is 0.850. The van der Waals surface area contributed by atoms with Crippen molar-refractivity contribution in [3.8, 4) is 0 Å². The highest BCUT2D eigenvalue weighted by Crippen LogP contribution is 2.40. The van der Waals surface area contributed by atoms with Gasteiger partial charge in [0.05, 0.1) is 5.60 Å². The molecule has 1 aromatic carbocycles. The molecule has 2 saturated heterocycles. The Morgan fingerprint density at radius 3 is 2.67 bits per heavy atom. The second-order valence-corrected chi connectivity index (χ2v) is 8.03. The van der Waals surface area contributed by atoms with Crippen molar-refractivity contribution in [1.29, 1.82) is 0 Å². The van der Waals surface area contributed by atoms with E-state index in [1.54, 1.807) is 11.8 Å². The average molecular weight is 322 g/mol. The number of hydrogen-bond donors (Lipinski definition) is 0. The highest BCUT2D eigenvalue weighted by molar-refractivity contribution is 7.99. The van der Waals surface area contributed by atoms with Gasteiger partial charge in [-0.3, -0.25) is 4.79 Å². The minimum atomic E-state index is -0.0109. The van der Waals surface area contributed by atoms with Crippen LogP contribution in [-0.4, -0.2) is 35.8 Å². The lowest BCUT2D eigenvalue weighted by atomic mass is 9.79. The van der Waals surface area contributed by atoms with Gasteiger partial charge in [0.15, 0.2) is 5.78 Å². The van der Waals surface area contributed by atoms with Crippen LogP contribution in [0.3, 0.4) is 0 Å². The van der Waals surface area contributed by atoms with Gasteiger partial charge in [-0.05, 0) is 55.6 Å². The van der Waals surface area contributed by atoms with Gasteiger partial charge in [-0.25, -0.2) is 0 Å². The van der Waals surface area contributed by atoms with Gasteiger partial charge in [0.2, 0.25) is 0 Å². The van der Waals surface area contributed by atoms with Crippen molar-refractivity contribution < 1.29 is 9.53 Å². The summed E-state index contributed by atoms with van der Waals surface area (Å²) in [7, 11) is 0. The molecular formula is C17H22O2S2. The topological polar surface area (TPSA) is 26.3 Å². The maximum absolute atomic E-state index is 12.8. The van der Waals surface area contributed by atoms with E-state index in [0.717, 1.165) is 37.9 Å². The molecule has 21 heavy (non-hydrogen) atoms. The molecule has 0 radical (unpaired) electrons. The average Bonchev–Trinajstić information content (AvgIpc) is 2.55. The Labute approximate surface area is 135 Å². The molecule has 2 aliphatic heterocycles. The van der Waals surface area contributed by atoms with Crippen LogP contribution in [0.4, 0.5) is 0 Å². The smallest absolute Gasteiger partial charge is 0.166 e. The SMILES string of the molecule is CSc1ccc(C(=O)C2CCOC3(CCSCC3)C2)cc1. The quantitative estimate of drug-likeness (QED) is 0.613. The Kier molecular flexibility index (Phi) is 4.97. The molecule has 0 aromatic heterocycles.